The lowest BCUT2D eigenvalue weighted by atomic mass is 9.78. The van der Waals surface area contributed by atoms with Crippen molar-refractivity contribution in [2.75, 3.05) is 20.1 Å². The van der Waals surface area contributed by atoms with Crippen molar-refractivity contribution in [1.82, 2.24) is 14.9 Å². The average Bonchev–Trinajstić information content (AvgIpc) is 3.31. The zero-order chi connectivity index (χ0) is 25.3. The molecule has 2 aromatic carbocycles. The van der Waals surface area contributed by atoms with E-state index in [1.807, 2.05) is 0 Å². The normalized spacial score (nSPS) is 15.2. The van der Waals surface area contributed by atoms with Gasteiger partial charge in [0.1, 0.15) is 11.1 Å². The summed E-state index contributed by atoms with van der Waals surface area (Å²) in [6.45, 7) is -0.125. The maximum Gasteiger partial charge on any atom is 0.343 e. The molecule has 0 aliphatic carbocycles. The molecule has 1 aliphatic heterocycles. The summed E-state index contributed by atoms with van der Waals surface area (Å²) in [6.07, 6.45) is -0.0783. The molecule has 0 unspecified atom stereocenters. The van der Waals surface area contributed by atoms with Gasteiger partial charge in [-0.15, -0.1) is 0 Å². The number of carbonyl (C=O) groups excluding carboxylic acids is 1. The average molecular weight is 487 g/mol. The van der Waals surface area contributed by atoms with Crippen molar-refractivity contribution in [3.63, 3.8) is 0 Å². The maximum atomic E-state index is 14.0. The number of hydroxylamine groups is 2. The van der Waals surface area contributed by atoms with Gasteiger partial charge in [-0.1, -0.05) is 24.3 Å². The number of aliphatic hydroxyl groups excluding tert-OH is 1. The molecule has 35 heavy (non-hydrogen) atoms. The molecule has 2 heterocycles. The van der Waals surface area contributed by atoms with Crippen molar-refractivity contribution in [3.8, 4) is 22.6 Å². The van der Waals surface area contributed by atoms with Crippen molar-refractivity contribution in [2.24, 2.45) is 0 Å². The van der Waals surface area contributed by atoms with Gasteiger partial charge < -0.3 is 19.5 Å². The molecule has 184 valence electrons. The van der Waals surface area contributed by atoms with Crippen LogP contribution < -0.4 is 0 Å². The third-order valence-corrected chi connectivity index (χ3v) is 6.20. The summed E-state index contributed by atoms with van der Waals surface area (Å²) in [4.78, 5) is 30.4. The monoisotopic (exact) mass is 487 g/mol. The summed E-state index contributed by atoms with van der Waals surface area (Å²) in [6, 6.07) is 9.14. The topological polar surface area (TPSA) is 127 Å². The second-order valence-electron chi connectivity index (χ2n) is 8.36. The molecule has 0 atom stereocenters. The number of benzene rings is 2. The molecule has 1 aromatic heterocycles. The molecule has 1 fully saturated rings. The highest BCUT2D eigenvalue weighted by atomic mass is 19.2. The van der Waals surface area contributed by atoms with Crippen molar-refractivity contribution >= 4 is 12.0 Å². The minimum absolute atomic E-state index is 0.0272. The lowest BCUT2D eigenvalue weighted by Gasteiger charge is -2.37. The first kappa shape index (κ1) is 24.3. The molecule has 11 heteroatoms. The molecule has 0 bridgehead atoms. The molecule has 1 aliphatic rings. The smallest absolute Gasteiger partial charge is 0.343 e. The number of likely N-dealkylation sites (tertiary alicyclic amines) is 1. The van der Waals surface area contributed by atoms with Gasteiger partial charge in [0.2, 0.25) is 5.89 Å². The first-order valence-corrected chi connectivity index (χ1v) is 10.8. The molecule has 0 saturated carbocycles. The minimum Gasteiger partial charge on any atom is -0.480 e. The standard InChI is InChI=1S/C24H23F2N3O6/c1-28(34)23(33)29-10-8-24(9-11-29,22(31)32)21-27-19(15-4-2-14(13-30)3-5-15)20(35-21)16-6-7-17(25)18(26)12-16/h2-7,12,30,34H,8-11,13H2,1H3,(H,31,32). The van der Waals surface area contributed by atoms with E-state index in [-0.39, 0.29) is 55.4 Å². The number of carboxylic acids is 1. The number of carboxylic acid groups (broad SMARTS) is 1. The highest BCUT2D eigenvalue weighted by molar-refractivity contribution is 5.83. The van der Waals surface area contributed by atoms with Crippen LogP contribution in [0.5, 0.6) is 0 Å². The van der Waals surface area contributed by atoms with Gasteiger partial charge in [0.05, 0.1) is 6.61 Å². The molecule has 3 aromatic rings. The minimum atomic E-state index is -1.58. The van der Waals surface area contributed by atoms with Gasteiger partial charge in [-0.05, 0) is 36.6 Å². The molecule has 3 N–H and O–H groups in total. The number of piperidine rings is 1. The Kier molecular flexibility index (Phi) is 6.55. The Bertz CT molecular complexity index is 1250. The number of nitrogens with zero attached hydrogens (tertiary/aromatic N) is 3. The van der Waals surface area contributed by atoms with Gasteiger partial charge in [0.15, 0.2) is 17.4 Å². The summed E-state index contributed by atoms with van der Waals surface area (Å²) in [5, 5.41) is 29.3. The Morgan fingerprint density at radius 2 is 1.71 bits per heavy atom. The van der Waals surface area contributed by atoms with Gasteiger partial charge in [0, 0.05) is 31.3 Å². The Morgan fingerprint density at radius 1 is 1.09 bits per heavy atom. The van der Waals surface area contributed by atoms with Crippen LogP contribution in [0.4, 0.5) is 13.6 Å². The lowest BCUT2D eigenvalue weighted by molar-refractivity contribution is -0.147. The Morgan fingerprint density at radius 3 is 2.26 bits per heavy atom. The summed E-state index contributed by atoms with van der Waals surface area (Å²) >= 11 is 0. The Labute approximate surface area is 198 Å². The quantitative estimate of drug-likeness (QED) is 0.370. The summed E-state index contributed by atoms with van der Waals surface area (Å²) < 4.78 is 33.6. The number of carbonyl (C=O) groups is 2. The highest BCUT2D eigenvalue weighted by Gasteiger charge is 2.49. The van der Waals surface area contributed by atoms with Crippen LogP contribution in [0, 0.1) is 11.6 Å². The molecule has 0 radical (unpaired) electrons. The van der Waals surface area contributed by atoms with Crippen LogP contribution in [0.3, 0.4) is 0 Å². The van der Waals surface area contributed by atoms with Crippen LogP contribution in [-0.2, 0) is 16.8 Å². The number of hydrogen-bond acceptors (Lipinski definition) is 6. The van der Waals surface area contributed by atoms with E-state index in [9.17, 15) is 33.8 Å². The number of amides is 2. The van der Waals surface area contributed by atoms with E-state index < -0.39 is 29.0 Å². The van der Waals surface area contributed by atoms with Gasteiger partial charge in [-0.2, -0.15) is 0 Å². The van der Waals surface area contributed by atoms with E-state index in [0.29, 0.717) is 16.2 Å². The van der Waals surface area contributed by atoms with E-state index in [2.05, 4.69) is 4.98 Å². The third kappa shape index (κ3) is 4.47. The number of urea groups is 1. The van der Waals surface area contributed by atoms with E-state index >= 15 is 0 Å². The maximum absolute atomic E-state index is 14.0. The lowest BCUT2D eigenvalue weighted by Crippen LogP contribution is -2.51. The Hall–Kier alpha value is -3.83. The fourth-order valence-corrected chi connectivity index (χ4v) is 4.13. The molecule has 9 nitrogen and oxygen atoms in total. The van der Waals surface area contributed by atoms with E-state index in [4.69, 9.17) is 4.42 Å². The predicted octanol–water partition coefficient (Wildman–Crippen LogP) is 3.64. The van der Waals surface area contributed by atoms with Crippen LogP contribution in [0.15, 0.2) is 46.9 Å². The van der Waals surface area contributed by atoms with Crippen molar-refractivity contribution < 1.29 is 38.2 Å². The first-order valence-electron chi connectivity index (χ1n) is 10.8. The van der Waals surface area contributed by atoms with Crippen molar-refractivity contribution in [1.29, 1.82) is 0 Å². The molecule has 1 saturated heterocycles. The van der Waals surface area contributed by atoms with E-state index in [1.54, 1.807) is 24.3 Å². The third-order valence-electron chi connectivity index (χ3n) is 6.20. The summed E-state index contributed by atoms with van der Waals surface area (Å²) in [5.41, 5.74) is -0.0306. The number of aliphatic hydroxyl groups is 1. The second-order valence-corrected chi connectivity index (χ2v) is 8.36. The van der Waals surface area contributed by atoms with Gasteiger partial charge in [-0.25, -0.2) is 23.6 Å². The summed E-state index contributed by atoms with van der Waals surface area (Å²) in [5.74, 6) is -3.42. The van der Waals surface area contributed by atoms with Gasteiger partial charge in [0.25, 0.3) is 0 Å². The largest absolute Gasteiger partial charge is 0.480 e. The van der Waals surface area contributed by atoms with Crippen molar-refractivity contribution in [3.05, 3.63) is 65.6 Å². The predicted molar refractivity (Wildman–Crippen MR) is 118 cm³/mol. The zero-order valence-corrected chi connectivity index (χ0v) is 18.7. The number of oxazole rings is 1. The molecule has 4 rings (SSSR count). The highest BCUT2D eigenvalue weighted by Crippen LogP contribution is 2.41. The number of halogens is 2. The van der Waals surface area contributed by atoms with Gasteiger partial charge >= 0.3 is 12.0 Å². The van der Waals surface area contributed by atoms with Gasteiger partial charge in [-0.3, -0.25) is 10.0 Å². The fourth-order valence-electron chi connectivity index (χ4n) is 4.13. The molecule has 0 spiro atoms. The van der Waals surface area contributed by atoms with Crippen LogP contribution in [0.1, 0.15) is 24.3 Å². The van der Waals surface area contributed by atoms with Crippen LogP contribution in [0.25, 0.3) is 22.6 Å². The number of rotatable bonds is 5. The number of hydrogen-bond donors (Lipinski definition) is 3. The first-order chi connectivity index (χ1) is 16.7. The fraction of sp³-hybridized carbons (Fsp3) is 0.292. The SMILES string of the molecule is CN(O)C(=O)N1CCC(C(=O)O)(c2nc(-c3ccc(CO)cc3)c(-c3ccc(F)c(F)c3)o2)CC1. The van der Waals surface area contributed by atoms with Crippen LogP contribution in [-0.4, -0.2) is 62.5 Å². The Balaban J connectivity index is 1.81. The summed E-state index contributed by atoms with van der Waals surface area (Å²) in [7, 11) is 1.18. The number of aliphatic carboxylic acids is 1. The molecular weight excluding hydrogens is 464 g/mol. The van der Waals surface area contributed by atoms with Crippen LogP contribution in [0.2, 0.25) is 0 Å². The molecular formula is C24H23F2N3O6. The second kappa shape index (κ2) is 9.43. The zero-order valence-electron chi connectivity index (χ0n) is 18.7. The van der Waals surface area contributed by atoms with E-state index in [0.717, 1.165) is 12.1 Å². The van der Waals surface area contributed by atoms with Crippen molar-refractivity contribution in [2.45, 2.75) is 24.9 Å². The van der Waals surface area contributed by atoms with E-state index in [1.165, 1.54) is 18.0 Å². The number of aromatic nitrogens is 1. The molecule has 2 amide bonds. The van der Waals surface area contributed by atoms with Crippen LogP contribution >= 0.6 is 0 Å².